The number of carboxylic acid groups (broad SMARTS) is 1. The summed E-state index contributed by atoms with van der Waals surface area (Å²) in [6, 6.07) is 0. The first-order valence-electron chi connectivity index (χ1n) is 12.4. The first-order chi connectivity index (χ1) is 13.6. The Hall–Kier alpha value is -0.400. The van der Waals surface area contributed by atoms with Gasteiger partial charge in [0.25, 0.3) is 5.97 Å². The Balaban J connectivity index is 1.54. The van der Waals surface area contributed by atoms with Crippen LogP contribution < -0.4 is 0 Å². The fourth-order valence-electron chi connectivity index (χ4n) is 9.12. The summed E-state index contributed by atoms with van der Waals surface area (Å²) in [5.74, 6) is 3.98. The van der Waals surface area contributed by atoms with Gasteiger partial charge >= 0.3 is 0 Å². The van der Waals surface area contributed by atoms with Crippen molar-refractivity contribution in [2.24, 2.45) is 46.3 Å². The molecule has 4 saturated carbocycles. The maximum absolute atomic E-state index is 11.4. The third-order valence-electron chi connectivity index (χ3n) is 10.8. The zero-order valence-corrected chi connectivity index (χ0v) is 19.0. The maximum Gasteiger partial charge on any atom is 0.292 e. The Morgan fingerprint density at radius 2 is 1.72 bits per heavy atom. The lowest BCUT2D eigenvalue weighted by molar-refractivity contribution is -0.139. The summed E-state index contributed by atoms with van der Waals surface area (Å²) in [7, 11) is 11.7. The highest BCUT2D eigenvalue weighted by atomic mass is 16.4. The molecule has 2 nitrogen and oxygen atoms in total. The molecule has 4 aliphatic rings. The average molecular weight is 394 g/mol. The highest BCUT2D eigenvalue weighted by Crippen LogP contribution is 2.69. The van der Waals surface area contributed by atoms with Crippen LogP contribution in [0, 0.1) is 46.3 Å². The number of hydrogen-bond donors (Lipinski definition) is 1. The second-order valence-electron chi connectivity index (χ2n) is 11.8. The van der Waals surface area contributed by atoms with E-state index in [1.165, 1.54) is 64.2 Å². The molecule has 29 heavy (non-hydrogen) atoms. The van der Waals surface area contributed by atoms with Crippen molar-refractivity contribution in [3.8, 4) is 0 Å². The lowest BCUT2D eigenvalue weighted by Crippen LogP contribution is -2.55. The molecule has 0 saturated heterocycles. The van der Waals surface area contributed by atoms with E-state index in [1.54, 1.807) is 0 Å². The zero-order valence-electron chi connectivity index (χ0n) is 19.0. The number of aliphatic carboxylic acids is 1. The van der Waals surface area contributed by atoms with Crippen LogP contribution >= 0.6 is 0 Å². The molecular formula is C25H40B2O2. The van der Waals surface area contributed by atoms with E-state index >= 15 is 0 Å². The van der Waals surface area contributed by atoms with E-state index in [1.807, 2.05) is 0 Å². The van der Waals surface area contributed by atoms with Gasteiger partial charge in [0, 0.05) is 0 Å². The molecule has 0 aromatic heterocycles. The Bertz CT molecular complexity index is 634. The average Bonchev–Trinajstić information content (AvgIpc) is 3.01. The largest absolute Gasteiger partial charge is 0.482 e. The van der Waals surface area contributed by atoms with Crippen molar-refractivity contribution in [1.82, 2.24) is 0 Å². The molecule has 4 rings (SSSR count). The molecule has 0 aliphatic heterocycles. The second kappa shape index (κ2) is 7.63. The van der Waals surface area contributed by atoms with Crippen molar-refractivity contribution in [3.05, 3.63) is 0 Å². The van der Waals surface area contributed by atoms with Crippen molar-refractivity contribution in [1.29, 1.82) is 0 Å². The third kappa shape index (κ3) is 3.43. The van der Waals surface area contributed by atoms with Gasteiger partial charge in [0.15, 0.2) is 0 Å². The van der Waals surface area contributed by atoms with Crippen LogP contribution in [0.2, 0.25) is 5.21 Å². The van der Waals surface area contributed by atoms with Crippen LogP contribution in [0.25, 0.3) is 0 Å². The summed E-state index contributed by atoms with van der Waals surface area (Å²) in [5, 5.41) is 7.73. The van der Waals surface area contributed by atoms with Gasteiger partial charge in [-0.25, -0.2) is 0 Å². The van der Waals surface area contributed by atoms with Gasteiger partial charge in [-0.2, -0.15) is 0 Å². The van der Waals surface area contributed by atoms with Gasteiger partial charge in [-0.3, -0.25) is 4.79 Å². The molecular weight excluding hydrogens is 354 g/mol. The van der Waals surface area contributed by atoms with E-state index < -0.39 is 11.2 Å². The Morgan fingerprint density at radius 1 is 1.00 bits per heavy atom. The molecule has 4 aliphatic carbocycles. The molecule has 0 aromatic carbocycles. The molecule has 4 radical (unpaired) electrons. The van der Waals surface area contributed by atoms with Crippen molar-refractivity contribution in [3.63, 3.8) is 0 Å². The lowest BCUT2D eigenvalue weighted by atomic mass is 9.42. The fraction of sp³-hybridized carbons (Fsp3) is 0.960. The maximum atomic E-state index is 11.4. The van der Waals surface area contributed by atoms with E-state index in [4.69, 9.17) is 15.7 Å². The van der Waals surface area contributed by atoms with Crippen LogP contribution in [0.4, 0.5) is 0 Å². The second-order valence-corrected chi connectivity index (χ2v) is 11.8. The van der Waals surface area contributed by atoms with Gasteiger partial charge in [0.05, 0.1) is 15.7 Å². The quantitative estimate of drug-likeness (QED) is 0.582. The van der Waals surface area contributed by atoms with Gasteiger partial charge < -0.3 is 5.11 Å². The minimum atomic E-state index is -1.58. The number of rotatable bonds is 5. The smallest absolute Gasteiger partial charge is 0.292 e. The van der Waals surface area contributed by atoms with E-state index in [0.717, 1.165) is 36.0 Å². The molecule has 0 spiro atoms. The van der Waals surface area contributed by atoms with E-state index in [9.17, 15) is 9.90 Å². The third-order valence-corrected chi connectivity index (χ3v) is 10.8. The summed E-state index contributed by atoms with van der Waals surface area (Å²) >= 11 is 0. The summed E-state index contributed by atoms with van der Waals surface area (Å²) < 4.78 is 0. The number of hydrogen-bond acceptors (Lipinski definition) is 1. The molecule has 0 heterocycles. The van der Waals surface area contributed by atoms with Crippen molar-refractivity contribution < 1.29 is 9.90 Å². The Kier molecular flexibility index (Phi) is 5.74. The van der Waals surface area contributed by atoms with Crippen molar-refractivity contribution in [2.45, 2.75) is 103 Å². The van der Waals surface area contributed by atoms with Crippen LogP contribution in [-0.2, 0) is 4.79 Å². The van der Waals surface area contributed by atoms with Gasteiger partial charge in [0.2, 0.25) is 0 Å². The molecule has 158 valence electrons. The fourth-order valence-corrected chi connectivity index (χ4v) is 9.12. The topological polar surface area (TPSA) is 37.3 Å². The number of carboxylic acids is 1. The molecule has 1 N–H and O–H groups in total. The summed E-state index contributed by atoms with van der Waals surface area (Å²) in [6.45, 7) is 7.61. The number of carbonyl (C=O) groups is 1. The summed E-state index contributed by atoms with van der Waals surface area (Å²) in [5.41, 5.74) is 0.917. The number of fused-ring (bicyclic) bond motifs is 5. The Morgan fingerprint density at radius 3 is 2.41 bits per heavy atom. The van der Waals surface area contributed by atoms with Crippen LogP contribution in [0.5, 0.6) is 0 Å². The van der Waals surface area contributed by atoms with E-state index in [-0.39, 0.29) is 0 Å². The molecule has 0 amide bonds. The van der Waals surface area contributed by atoms with E-state index in [2.05, 4.69) is 20.8 Å². The minimum absolute atomic E-state index is 0.353. The standard InChI is InChI=1S/C25H40B2O2/c1-4-16-15-18-20-9-8-17(10-14-25(26,27)22(28)29)23(20,2)13-11-21(18)24(3)12-6-5-7-19(16)24/h16-21H,4-15H2,1-3H3,(H,28,29)/t16-,17?,18?,19?,20?,21-,23?,24?/m0/s1. The van der Waals surface area contributed by atoms with Crippen molar-refractivity contribution >= 4 is 21.7 Å². The summed E-state index contributed by atoms with van der Waals surface area (Å²) in [4.78, 5) is 11.4. The predicted octanol–water partition coefficient (Wildman–Crippen LogP) is 5.99. The van der Waals surface area contributed by atoms with Gasteiger partial charge in [0.1, 0.15) is 0 Å². The van der Waals surface area contributed by atoms with Gasteiger partial charge in [-0.05, 0) is 96.5 Å². The predicted molar refractivity (Wildman–Crippen MR) is 120 cm³/mol. The van der Waals surface area contributed by atoms with Crippen LogP contribution in [0.1, 0.15) is 97.8 Å². The highest BCUT2D eigenvalue weighted by Gasteiger charge is 2.61. The molecule has 4 fully saturated rings. The Labute approximate surface area is 181 Å². The molecule has 6 unspecified atom stereocenters. The minimum Gasteiger partial charge on any atom is -0.482 e. The molecule has 4 heteroatoms. The van der Waals surface area contributed by atoms with Crippen LogP contribution in [-0.4, -0.2) is 26.8 Å². The molecule has 8 atom stereocenters. The summed E-state index contributed by atoms with van der Waals surface area (Å²) in [6.07, 6.45) is 15.1. The van der Waals surface area contributed by atoms with Crippen LogP contribution in [0.15, 0.2) is 0 Å². The monoisotopic (exact) mass is 394 g/mol. The van der Waals surface area contributed by atoms with Crippen LogP contribution in [0.3, 0.4) is 0 Å². The molecule has 0 bridgehead atoms. The first kappa shape index (κ1) is 21.8. The lowest BCUT2D eigenvalue weighted by Gasteiger charge is -2.62. The normalized spacial score (nSPS) is 47.1. The SMILES string of the molecule is [B]C([B])(CCC1CCC2C3C[C@H](CC)C4CCCCC4(C)[C@H]3CCC12C)C(=O)O. The van der Waals surface area contributed by atoms with Gasteiger partial charge in [-0.1, -0.05) is 52.9 Å². The van der Waals surface area contributed by atoms with Crippen molar-refractivity contribution in [2.75, 3.05) is 0 Å². The van der Waals surface area contributed by atoms with E-state index in [0.29, 0.717) is 23.2 Å². The zero-order chi connectivity index (χ0) is 21.0. The van der Waals surface area contributed by atoms with Gasteiger partial charge in [-0.15, -0.1) is 0 Å². The molecule has 0 aromatic rings. The first-order valence-corrected chi connectivity index (χ1v) is 12.4. The highest BCUT2D eigenvalue weighted by molar-refractivity contribution is 6.49.